The summed E-state index contributed by atoms with van der Waals surface area (Å²) in [7, 11) is 0. The van der Waals surface area contributed by atoms with Crippen molar-refractivity contribution >= 4 is 17.6 Å². The first-order chi connectivity index (χ1) is 16.0. The van der Waals surface area contributed by atoms with E-state index in [1.807, 2.05) is 18.2 Å². The molecule has 0 radical (unpaired) electrons. The minimum atomic E-state index is -1.27. The summed E-state index contributed by atoms with van der Waals surface area (Å²) in [6.45, 7) is 0.332. The molecule has 2 aromatic carbocycles. The molecule has 168 valence electrons. The van der Waals surface area contributed by atoms with E-state index in [0.29, 0.717) is 17.9 Å². The van der Waals surface area contributed by atoms with Crippen molar-refractivity contribution in [1.29, 1.82) is 0 Å². The molecule has 2 heterocycles. The summed E-state index contributed by atoms with van der Waals surface area (Å²) in [5.41, 5.74) is 1.10. The molecule has 0 aliphatic rings. The van der Waals surface area contributed by atoms with Crippen molar-refractivity contribution in [1.82, 2.24) is 20.2 Å². The third kappa shape index (κ3) is 5.58. The number of halogens is 1. The maximum Gasteiger partial charge on any atom is 0.358 e. The monoisotopic (exact) mass is 451 g/mol. The zero-order valence-corrected chi connectivity index (χ0v) is 17.1. The number of para-hydroxylation sites is 1. The Hall–Kier alpha value is -4.54. The molecule has 10 nitrogen and oxygen atoms in total. The highest BCUT2D eigenvalue weighted by Crippen LogP contribution is 2.32. The van der Waals surface area contributed by atoms with E-state index in [4.69, 9.17) is 14.4 Å². The number of hydrogen-bond donors (Lipinski definition) is 2. The van der Waals surface area contributed by atoms with E-state index in [0.717, 1.165) is 6.07 Å². The molecule has 0 saturated heterocycles. The number of aromatic nitrogens is 4. The largest absolute Gasteiger partial charge is 0.486 e. The van der Waals surface area contributed by atoms with E-state index in [-0.39, 0.29) is 41.7 Å². The normalized spacial score (nSPS) is 10.7. The molecule has 4 rings (SSSR count). The Bertz CT molecular complexity index is 1270. The van der Waals surface area contributed by atoms with Gasteiger partial charge in [-0.05, 0) is 30.3 Å². The molecule has 1 amide bonds. The van der Waals surface area contributed by atoms with Crippen LogP contribution in [-0.2, 0) is 17.9 Å². The van der Waals surface area contributed by atoms with Gasteiger partial charge in [-0.1, -0.05) is 28.6 Å². The SMILES string of the molecule is O=C(CCn1cc(COc2ccc(F)cc2-c2cc(C(=O)O)no2)nn1)Nc1ccccc1. The van der Waals surface area contributed by atoms with Gasteiger partial charge in [0.2, 0.25) is 5.91 Å². The fourth-order valence-electron chi connectivity index (χ4n) is 2.95. The van der Waals surface area contributed by atoms with E-state index in [1.54, 1.807) is 18.3 Å². The molecule has 33 heavy (non-hydrogen) atoms. The fraction of sp³-hybridized carbons (Fsp3) is 0.136. The van der Waals surface area contributed by atoms with Gasteiger partial charge in [-0.2, -0.15) is 0 Å². The second-order valence-electron chi connectivity index (χ2n) is 6.95. The lowest BCUT2D eigenvalue weighted by molar-refractivity contribution is -0.116. The number of nitrogens with zero attached hydrogens (tertiary/aromatic N) is 4. The topological polar surface area (TPSA) is 132 Å². The first-order valence-corrected chi connectivity index (χ1v) is 9.84. The lowest BCUT2D eigenvalue weighted by Crippen LogP contribution is -2.14. The van der Waals surface area contributed by atoms with Crippen LogP contribution in [0.1, 0.15) is 22.6 Å². The van der Waals surface area contributed by atoms with Gasteiger partial charge in [0.15, 0.2) is 11.5 Å². The number of aromatic carboxylic acids is 1. The van der Waals surface area contributed by atoms with E-state index < -0.39 is 11.8 Å². The van der Waals surface area contributed by atoms with Gasteiger partial charge in [0.25, 0.3) is 0 Å². The van der Waals surface area contributed by atoms with Gasteiger partial charge in [0.1, 0.15) is 23.9 Å². The van der Waals surface area contributed by atoms with Crippen LogP contribution in [0.5, 0.6) is 5.75 Å². The molecule has 0 atom stereocenters. The smallest absolute Gasteiger partial charge is 0.358 e. The highest BCUT2D eigenvalue weighted by molar-refractivity contribution is 5.90. The van der Waals surface area contributed by atoms with Gasteiger partial charge in [0.05, 0.1) is 18.3 Å². The summed E-state index contributed by atoms with van der Waals surface area (Å²) in [6.07, 6.45) is 1.84. The fourth-order valence-corrected chi connectivity index (χ4v) is 2.95. The molecule has 0 spiro atoms. The number of hydrogen-bond acceptors (Lipinski definition) is 7. The van der Waals surface area contributed by atoms with Gasteiger partial charge in [-0.15, -0.1) is 5.10 Å². The predicted octanol–water partition coefficient (Wildman–Crippen LogP) is 3.38. The maximum atomic E-state index is 13.8. The van der Waals surface area contributed by atoms with Crippen molar-refractivity contribution in [2.24, 2.45) is 0 Å². The van der Waals surface area contributed by atoms with Crippen molar-refractivity contribution < 1.29 is 28.3 Å². The van der Waals surface area contributed by atoms with Crippen LogP contribution in [0.4, 0.5) is 10.1 Å². The van der Waals surface area contributed by atoms with Crippen molar-refractivity contribution in [3.63, 3.8) is 0 Å². The number of amides is 1. The Kier molecular flexibility index (Phi) is 6.39. The van der Waals surface area contributed by atoms with Crippen LogP contribution in [0.25, 0.3) is 11.3 Å². The van der Waals surface area contributed by atoms with Crippen molar-refractivity contribution in [2.75, 3.05) is 5.32 Å². The molecular weight excluding hydrogens is 433 g/mol. The molecule has 0 fully saturated rings. The third-order valence-corrected chi connectivity index (χ3v) is 4.52. The number of benzene rings is 2. The molecule has 0 aliphatic carbocycles. The van der Waals surface area contributed by atoms with E-state index in [2.05, 4.69) is 20.8 Å². The first kappa shape index (κ1) is 21.7. The minimum absolute atomic E-state index is 0.00870. The van der Waals surface area contributed by atoms with Gasteiger partial charge < -0.3 is 19.7 Å². The minimum Gasteiger partial charge on any atom is -0.486 e. The van der Waals surface area contributed by atoms with Crippen molar-refractivity contribution in [2.45, 2.75) is 19.6 Å². The Morgan fingerprint density at radius 2 is 1.97 bits per heavy atom. The molecule has 0 aliphatic heterocycles. The van der Waals surface area contributed by atoms with Crippen molar-refractivity contribution in [3.05, 3.63) is 78.0 Å². The maximum absolute atomic E-state index is 13.8. The van der Waals surface area contributed by atoms with Gasteiger partial charge in [-0.25, -0.2) is 9.18 Å². The Morgan fingerprint density at radius 1 is 1.15 bits per heavy atom. The van der Waals surface area contributed by atoms with E-state index in [9.17, 15) is 14.0 Å². The summed E-state index contributed by atoms with van der Waals surface area (Å²) in [4.78, 5) is 23.1. The second kappa shape index (κ2) is 9.73. The van der Waals surface area contributed by atoms with Crippen LogP contribution < -0.4 is 10.1 Å². The van der Waals surface area contributed by atoms with E-state index in [1.165, 1.54) is 22.9 Å². The summed E-state index contributed by atoms with van der Waals surface area (Å²) in [6, 6.07) is 14.1. The third-order valence-electron chi connectivity index (χ3n) is 4.52. The number of carboxylic acids is 1. The van der Waals surface area contributed by atoms with Crippen molar-refractivity contribution in [3.8, 4) is 17.1 Å². The van der Waals surface area contributed by atoms with Crippen LogP contribution in [0.2, 0.25) is 0 Å². The molecule has 0 unspecified atom stereocenters. The zero-order valence-electron chi connectivity index (χ0n) is 17.1. The summed E-state index contributed by atoms with van der Waals surface area (Å²) < 4.78 is 26.0. The summed E-state index contributed by atoms with van der Waals surface area (Å²) in [5.74, 6) is -1.67. The molecule has 2 N–H and O–H groups in total. The number of carbonyl (C=O) groups excluding carboxylic acids is 1. The molecule has 0 bridgehead atoms. The lowest BCUT2D eigenvalue weighted by atomic mass is 10.1. The van der Waals surface area contributed by atoms with Crippen LogP contribution in [0, 0.1) is 5.82 Å². The van der Waals surface area contributed by atoms with Gasteiger partial charge in [0, 0.05) is 18.2 Å². The highest BCUT2D eigenvalue weighted by Gasteiger charge is 2.17. The quantitative estimate of drug-likeness (QED) is 0.396. The molecule has 0 saturated carbocycles. The number of carboxylic acid groups (broad SMARTS) is 1. The van der Waals surface area contributed by atoms with Crippen LogP contribution in [0.3, 0.4) is 0 Å². The van der Waals surface area contributed by atoms with E-state index >= 15 is 0 Å². The van der Waals surface area contributed by atoms with Crippen LogP contribution in [-0.4, -0.2) is 37.1 Å². The Labute approximate surface area is 186 Å². The van der Waals surface area contributed by atoms with Crippen LogP contribution in [0.15, 0.2) is 65.3 Å². The molecule has 4 aromatic rings. The molecule has 2 aromatic heterocycles. The highest BCUT2D eigenvalue weighted by atomic mass is 19.1. The number of nitrogens with one attached hydrogen (secondary N) is 1. The average Bonchev–Trinajstić information content (AvgIpc) is 3.47. The summed E-state index contributed by atoms with van der Waals surface area (Å²) in [5, 5.41) is 23.2. The number of aryl methyl sites for hydroxylation is 1. The summed E-state index contributed by atoms with van der Waals surface area (Å²) >= 11 is 0. The molecule has 11 heteroatoms. The zero-order chi connectivity index (χ0) is 23.2. The average molecular weight is 451 g/mol. The van der Waals surface area contributed by atoms with Crippen LogP contribution >= 0.6 is 0 Å². The van der Waals surface area contributed by atoms with Gasteiger partial charge in [-0.3, -0.25) is 9.48 Å². The second-order valence-corrected chi connectivity index (χ2v) is 6.95. The predicted molar refractivity (Wildman–Crippen MR) is 113 cm³/mol. The Balaban J connectivity index is 1.36. The standard InChI is InChI=1S/C22H18FN5O5/c23-14-6-7-19(17(10-14)20-11-18(22(30)31)26-33-20)32-13-16-12-28(27-25-16)9-8-21(29)24-15-4-2-1-3-5-15/h1-7,10-12H,8-9,13H2,(H,24,29)(H,30,31). The van der Waals surface area contributed by atoms with Gasteiger partial charge >= 0.3 is 5.97 Å². The number of anilines is 1. The molecular formula is C22H18FN5O5. The lowest BCUT2D eigenvalue weighted by Gasteiger charge is -2.08. The number of ether oxygens (including phenoxy) is 1. The first-order valence-electron chi connectivity index (χ1n) is 9.84. The Morgan fingerprint density at radius 3 is 2.73 bits per heavy atom. The number of rotatable bonds is 9. The number of carbonyl (C=O) groups is 2.